The third-order valence-corrected chi connectivity index (χ3v) is 6.11. The number of nitrogens with two attached hydrogens (primary N) is 1. The Bertz CT molecular complexity index is 951. The molecule has 0 aliphatic heterocycles. The summed E-state index contributed by atoms with van der Waals surface area (Å²) in [7, 11) is 3.74. The molecule has 0 spiro atoms. The summed E-state index contributed by atoms with van der Waals surface area (Å²) >= 11 is 1.38. The predicted octanol–water partition coefficient (Wildman–Crippen LogP) is 2.83. The maximum atomic E-state index is 12.3. The van der Waals surface area contributed by atoms with E-state index in [1.807, 2.05) is 25.1 Å². The fourth-order valence-electron chi connectivity index (χ4n) is 3.39. The van der Waals surface area contributed by atoms with Gasteiger partial charge in [0.05, 0.1) is 11.1 Å². The number of benzene rings is 1. The molecule has 0 bridgehead atoms. The van der Waals surface area contributed by atoms with Crippen LogP contribution in [0.4, 0.5) is 10.7 Å². The summed E-state index contributed by atoms with van der Waals surface area (Å²) in [5, 5.41) is 3.13. The van der Waals surface area contributed by atoms with E-state index in [0.29, 0.717) is 22.0 Å². The van der Waals surface area contributed by atoms with Crippen molar-refractivity contribution in [3.05, 3.63) is 45.8 Å². The molecular weight excluding hydrogens is 390 g/mol. The van der Waals surface area contributed by atoms with Gasteiger partial charge in [-0.05, 0) is 48.9 Å². The van der Waals surface area contributed by atoms with Crippen molar-refractivity contribution in [2.45, 2.75) is 26.2 Å². The summed E-state index contributed by atoms with van der Waals surface area (Å²) in [5.74, 6) is -1.11. The highest BCUT2D eigenvalue weighted by atomic mass is 32.1. The zero-order valence-corrected chi connectivity index (χ0v) is 17.6. The molecule has 1 atom stereocenters. The van der Waals surface area contributed by atoms with Gasteiger partial charge in [-0.15, -0.1) is 11.3 Å². The Kier molecular flexibility index (Phi) is 6.22. The van der Waals surface area contributed by atoms with Gasteiger partial charge < -0.3 is 20.7 Å². The average molecular weight is 416 g/mol. The number of esters is 1. The zero-order valence-electron chi connectivity index (χ0n) is 16.8. The molecule has 0 unspecified atom stereocenters. The van der Waals surface area contributed by atoms with Crippen LogP contribution in [0.1, 0.15) is 44.5 Å². The molecule has 1 aliphatic carbocycles. The van der Waals surface area contributed by atoms with E-state index >= 15 is 0 Å². The summed E-state index contributed by atoms with van der Waals surface area (Å²) in [6, 6.07) is 6.95. The second-order valence-electron chi connectivity index (χ2n) is 7.49. The predicted molar refractivity (Wildman–Crippen MR) is 114 cm³/mol. The topological polar surface area (TPSA) is 102 Å². The number of carbonyl (C=O) groups is 3. The molecule has 3 N–H and O–H groups in total. The lowest BCUT2D eigenvalue weighted by molar-refractivity contribution is -0.119. The third-order valence-electron chi connectivity index (χ3n) is 4.94. The Labute approximate surface area is 173 Å². The quantitative estimate of drug-likeness (QED) is 0.707. The van der Waals surface area contributed by atoms with E-state index < -0.39 is 24.4 Å². The van der Waals surface area contributed by atoms with E-state index in [9.17, 15) is 14.4 Å². The van der Waals surface area contributed by atoms with Crippen LogP contribution in [0.3, 0.4) is 0 Å². The Balaban J connectivity index is 1.66. The van der Waals surface area contributed by atoms with Gasteiger partial charge in [0.25, 0.3) is 11.8 Å². The van der Waals surface area contributed by atoms with Gasteiger partial charge in [0, 0.05) is 24.7 Å². The number of amides is 2. The number of hydrogen-bond acceptors (Lipinski definition) is 6. The SMILES string of the molecule is C[C@@H]1CCc2c(sc(NC(=O)COC(=O)c3cccc(N(C)C)c3)c2C(N)=O)C1. The van der Waals surface area contributed by atoms with Crippen molar-refractivity contribution >= 4 is 39.8 Å². The second-order valence-corrected chi connectivity index (χ2v) is 8.59. The molecule has 2 aromatic rings. The van der Waals surface area contributed by atoms with Crippen molar-refractivity contribution in [3.63, 3.8) is 0 Å². The number of anilines is 2. The van der Waals surface area contributed by atoms with Gasteiger partial charge in [-0.25, -0.2) is 4.79 Å². The summed E-state index contributed by atoms with van der Waals surface area (Å²) in [5.41, 5.74) is 8.10. The number of nitrogens with zero attached hydrogens (tertiary/aromatic N) is 1. The number of hydrogen-bond donors (Lipinski definition) is 2. The van der Waals surface area contributed by atoms with E-state index in [4.69, 9.17) is 10.5 Å². The van der Waals surface area contributed by atoms with Gasteiger partial charge in [-0.2, -0.15) is 0 Å². The lowest BCUT2D eigenvalue weighted by atomic mass is 9.88. The largest absolute Gasteiger partial charge is 0.452 e. The highest BCUT2D eigenvalue weighted by Gasteiger charge is 2.27. The van der Waals surface area contributed by atoms with Crippen LogP contribution in [0.5, 0.6) is 0 Å². The number of carbonyl (C=O) groups excluding carboxylic acids is 3. The fourth-order valence-corrected chi connectivity index (χ4v) is 4.82. The molecule has 1 heterocycles. The van der Waals surface area contributed by atoms with E-state index in [1.54, 1.807) is 18.2 Å². The molecule has 29 heavy (non-hydrogen) atoms. The van der Waals surface area contributed by atoms with Crippen molar-refractivity contribution in [1.82, 2.24) is 0 Å². The Morgan fingerprint density at radius 3 is 2.76 bits per heavy atom. The number of nitrogens with one attached hydrogen (secondary N) is 1. The Hall–Kier alpha value is -2.87. The van der Waals surface area contributed by atoms with Crippen LogP contribution in [0.25, 0.3) is 0 Å². The van der Waals surface area contributed by atoms with Gasteiger partial charge in [-0.3, -0.25) is 9.59 Å². The molecule has 1 aromatic heterocycles. The minimum atomic E-state index is -0.585. The summed E-state index contributed by atoms with van der Waals surface area (Å²) in [6.07, 6.45) is 2.63. The molecule has 0 fully saturated rings. The van der Waals surface area contributed by atoms with E-state index in [2.05, 4.69) is 12.2 Å². The first-order valence-electron chi connectivity index (χ1n) is 9.45. The normalized spacial score (nSPS) is 15.3. The fraction of sp³-hybridized carbons (Fsp3) is 0.381. The highest BCUT2D eigenvalue weighted by molar-refractivity contribution is 7.17. The molecular formula is C21H25N3O4S. The van der Waals surface area contributed by atoms with Crippen molar-refractivity contribution in [1.29, 1.82) is 0 Å². The van der Waals surface area contributed by atoms with Crippen LogP contribution in [-0.2, 0) is 22.4 Å². The van der Waals surface area contributed by atoms with Gasteiger partial charge in [0.2, 0.25) is 0 Å². The first-order valence-corrected chi connectivity index (χ1v) is 10.3. The molecule has 8 heteroatoms. The number of primary amides is 1. The van der Waals surface area contributed by atoms with Crippen LogP contribution >= 0.6 is 11.3 Å². The van der Waals surface area contributed by atoms with Gasteiger partial charge in [-0.1, -0.05) is 13.0 Å². The van der Waals surface area contributed by atoms with Crippen LogP contribution < -0.4 is 16.0 Å². The summed E-state index contributed by atoms with van der Waals surface area (Å²) in [6.45, 7) is 1.72. The lowest BCUT2D eigenvalue weighted by Gasteiger charge is -2.18. The molecule has 7 nitrogen and oxygen atoms in total. The third kappa shape index (κ3) is 4.76. The molecule has 2 amide bonds. The number of fused-ring (bicyclic) bond motifs is 1. The van der Waals surface area contributed by atoms with Crippen LogP contribution in [0.2, 0.25) is 0 Å². The van der Waals surface area contributed by atoms with E-state index in [1.165, 1.54) is 11.3 Å². The van der Waals surface area contributed by atoms with Gasteiger partial charge in [0.1, 0.15) is 5.00 Å². The molecule has 154 valence electrons. The van der Waals surface area contributed by atoms with Crippen molar-refractivity contribution in [3.8, 4) is 0 Å². The average Bonchev–Trinajstić information content (AvgIpc) is 3.03. The summed E-state index contributed by atoms with van der Waals surface area (Å²) < 4.78 is 5.14. The van der Waals surface area contributed by atoms with Crippen molar-refractivity contribution in [2.24, 2.45) is 11.7 Å². The molecule has 3 rings (SSSR count). The first kappa shape index (κ1) is 20.9. The standard InChI is InChI=1S/C21H25N3O4S/c1-12-7-8-15-16(9-12)29-20(18(15)19(22)26)23-17(25)11-28-21(27)13-5-4-6-14(10-13)24(2)3/h4-6,10,12H,7-9,11H2,1-3H3,(H2,22,26)(H,23,25)/t12-/m1/s1. The number of thiophene rings is 1. The lowest BCUT2D eigenvalue weighted by Crippen LogP contribution is -2.23. The minimum Gasteiger partial charge on any atom is -0.452 e. The minimum absolute atomic E-state index is 0.363. The van der Waals surface area contributed by atoms with E-state index in [0.717, 1.165) is 35.4 Å². The second kappa shape index (κ2) is 8.65. The molecule has 0 saturated carbocycles. The Morgan fingerprint density at radius 2 is 2.07 bits per heavy atom. The van der Waals surface area contributed by atoms with Gasteiger partial charge >= 0.3 is 5.97 Å². The van der Waals surface area contributed by atoms with Crippen molar-refractivity contribution in [2.75, 3.05) is 30.9 Å². The van der Waals surface area contributed by atoms with E-state index in [-0.39, 0.29) is 0 Å². The number of rotatable bonds is 6. The van der Waals surface area contributed by atoms with Crippen LogP contribution in [-0.4, -0.2) is 38.5 Å². The maximum absolute atomic E-state index is 12.3. The van der Waals surface area contributed by atoms with Crippen molar-refractivity contribution < 1.29 is 19.1 Å². The first-order chi connectivity index (χ1) is 13.8. The monoisotopic (exact) mass is 415 g/mol. The smallest absolute Gasteiger partial charge is 0.338 e. The summed E-state index contributed by atoms with van der Waals surface area (Å²) in [4.78, 5) is 39.5. The zero-order chi connectivity index (χ0) is 21.1. The number of ether oxygens (including phenoxy) is 1. The maximum Gasteiger partial charge on any atom is 0.338 e. The van der Waals surface area contributed by atoms with Gasteiger partial charge in [0.15, 0.2) is 6.61 Å². The van der Waals surface area contributed by atoms with Crippen LogP contribution in [0, 0.1) is 5.92 Å². The molecule has 1 aliphatic rings. The Morgan fingerprint density at radius 1 is 1.31 bits per heavy atom. The molecule has 0 radical (unpaired) electrons. The molecule has 0 saturated heterocycles. The molecule has 1 aromatic carbocycles. The van der Waals surface area contributed by atoms with Crippen LogP contribution in [0.15, 0.2) is 24.3 Å². The highest BCUT2D eigenvalue weighted by Crippen LogP contribution is 2.39.